The molecule has 0 aliphatic carbocycles. The molecule has 0 saturated heterocycles. The molecule has 0 spiro atoms. The molecule has 22 heavy (non-hydrogen) atoms. The van der Waals surface area contributed by atoms with Crippen LogP contribution in [-0.4, -0.2) is 14.8 Å². The lowest BCUT2D eigenvalue weighted by Crippen LogP contribution is -2.20. The Morgan fingerprint density at radius 1 is 0.818 bits per heavy atom. The zero-order valence-corrected chi connectivity index (χ0v) is 11.8. The maximum absolute atomic E-state index is 12.3. The van der Waals surface area contributed by atoms with Crippen LogP contribution >= 0.6 is 0 Å². The van der Waals surface area contributed by atoms with E-state index in [0.29, 0.717) is 5.39 Å². The van der Waals surface area contributed by atoms with Gasteiger partial charge in [0, 0.05) is 5.39 Å². The minimum atomic E-state index is -5.27. The van der Waals surface area contributed by atoms with Gasteiger partial charge in [-0.15, -0.1) is 13.2 Å². The summed E-state index contributed by atoms with van der Waals surface area (Å²) in [6.07, 6.45) is -5.27. The highest BCUT2D eigenvalue weighted by atomic mass is 32.2. The lowest BCUT2D eigenvalue weighted by molar-refractivity contribution is -0.271. The Balaban J connectivity index is 2.28. The summed E-state index contributed by atoms with van der Waals surface area (Å²) < 4.78 is 63.9. The Morgan fingerprint density at radius 2 is 1.41 bits per heavy atom. The summed E-state index contributed by atoms with van der Waals surface area (Å²) in [6, 6.07) is 14.5. The van der Waals surface area contributed by atoms with Gasteiger partial charge in [0.05, 0.1) is 0 Å². The number of hydrogen-bond acceptors (Lipinski definition) is 3. The van der Waals surface area contributed by atoms with Crippen LogP contribution in [0.4, 0.5) is 13.2 Å². The minimum absolute atomic E-state index is 0.186. The average molecular weight is 326 g/mol. The normalized spacial score (nSPS) is 12.9. The number of alkyl halides is 3. The van der Waals surface area contributed by atoms with E-state index < -0.39 is 21.4 Å². The van der Waals surface area contributed by atoms with Crippen molar-refractivity contribution in [3.63, 3.8) is 0 Å². The highest BCUT2D eigenvalue weighted by Crippen LogP contribution is 2.31. The van der Waals surface area contributed by atoms with Crippen LogP contribution < -0.4 is 0 Å². The summed E-state index contributed by atoms with van der Waals surface area (Å²) in [5.41, 5.74) is 0. The van der Waals surface area contributed by atoms with E-state index in [1.165, 1.54) is 12.1 Å². The van der Waals surface area contributed by atoms with Gasteiger partial charge in [0.25, 0.3) is 0 Å². The Bertz CT molecular complexity index is 963. The first-order valence-electron chi connectivity index (χ1n) is 6.20. The van der Waals surface area contributed by atoms with Crippen LogP contribution in [0.1, 0.15) is 0 Å². The molecule has 3 nitrogen and oxygen atoms in total. The Labute approximate surface area is 124 Å². The minimum Gasteiger partial charge on any atom is -0.194 e. The summed E-state index contributed by atoms with van der Waals surface area (Å²) in [5, 5.41) is 2.29. The van der Waals surface area contributed by atoms with Crippen molar-refractivity contribution in [2.45, 2.75) is 11.3 Å². The molecule has 0 aromatic heterocycles. The maximum Gasteiger partial charge on any atom is 0.537 e. The van der Waals surface area contributed by atoms with E-state index in [4.69, 9.17) is 0 Å². The molecule has 0 atom stereocenters. The first kappa shape index (κ1) is 14.8. The van der Waals surface area contributed by atoms with E-state index in [2.05, 4.69) is 4.18 Å². The van der Waals surface area contributed by atoms with E-state index in [-0.39, 0.29) is 5.39 Å². The molecule has 114 valence electrons. The largest absolute Gasteiger partial charge is 0.537 e. The summed E-state index contributed by atoms with van der Waals surface area (Å²) in [4.78, 5) is -0.506. The predicted octanol–water partition coefficient (Wildman–Crippen LogP) is 4.22. The van der Waals surface area contributed by atoms with E-state index in [1.807, 2.05) is 12.1 Å². The molecule has 0 amide bonds. The van der Waals surface area contributed by atoms with Crippen LogP contribution in [0.3, 0.4) is 0 Å². The fraction of sp³-hybridized carbons (Fsp3) is 0.0667. The van der Waals surface area contributed by atoms with Gasteiger partial charge in [-0.05, 0) is 34.4 Å². The summed E-state index contributed by atoms with van der Waals surface area (Å²) >= 11 is 0. The SMILES string of the molecule is O=S(=O)(OC(F)(F)F)c1cccc2cc3ccccc3cc12. The molecule has 0 N–H and O–H groups in total. The number of hydrogen-bond donors (Lipinski definition) is 0. The Kier molecular flexibility index (Phi) is 3.34. The maximum atomic E-state index is 12.3. The molecule has 3 rings (SSSR count). The second-order valence-corrected chi connectivity index (χ2v) is 6.17. The van der Waals surface area contributed by atoms with Gasteiger partial charge in [0.2, 0.25) is 0 Å². The van der Waals surface area contributed by atoms with Gasteiger partial charge < -0.3 is 0 Å². The van der Waals surface area contributed by atoms with E-state index in [1.54, 1.807) is 24.3 Å². The standard InChI is InChI=1S/C15H9F3O3S/c16-15(17,18)21-22(19,20)14-7-3-6-12-8-10-4-1-2-5-11(10)9-13(12)14/h1-9H. The number of rotatable bonds is 2. The van der Waals surface area contributed by atoms with E-state index in [0.717, 1.165) is 16.8 Å². The molecule has 0 aliphatic heterocycles. The molecular formula is C15H9F3O3S. The monoisotopic (exact) mass is 326 g/mol. The van der Waals surface area contributed by atoms with Crippen molar-refractivity contribution in [1.29, 1.82) is 0 Å². The number of fused-ring (bicyclic) bond motifs is 2. The summed E-state index contributed by atoms with van der Waals surface area (Å²) in [6.45, 7) is 0. The molecule has 3 aromatic rings. The van der Waals surface area contributed by atoms with Crippen LogP contribution in [0.2, 0.25) is 0 Å². The van der Waals surface area contributed by atoms with Gasteiger partial charge in [-0.3, -0.25) is 0 Å². The van der Waals surface area contributed by atoms with Crippen molar-refractivity contribution in [1.82, 2.24) is 0 Å². The molecule has 0 fully saturated rings. The molecule has 3 aromatic carbocycles. The molecular weight excluding hydrogens is 317 g/mol. The number of benzene rings is 3. The van der Waals surface area contributed by atoms with Crippen LogP contribution in [0.5, 0.6) is 0 Å². The third-order valence-electron chi connectivity index (χ3n) is 3.18. The third kappa shape index (κ3) is 2.77. The van der Waals surface area contributed by atoms with Gasteiger partial charge in [-0.25, -0.2) is 0 Å². The van der Waals surface area contributed by atoms with Crippen molar-refractivity contribution in [3.05, 3.63) is 54.6 Å². The molecule has 0 heterocycles. The quantitative estimate of drug-likeness (QED) is 0.523. The zero-order chi connectivity index (χ0) is 16.0. The molecule has 0 unspecified atom stereocenters. The van der Waals surface area contributed by atoms with Gasteiger partial charge in [-0.2, -0.15) is 12.6 Å². The van der Waals surface area contributed by atoms with Gasteiger partial charge >= 0.3 is 16.5 Å². The molecule has 7 heteroatoms. The Hall–Kier alpha value is -2.12. The highest BCUT2D eigenvalue weighted by Gasteiger charge is 2.38. The summed E-state index contributed by atoms with van der Waals surface area (Å²) in [5.74, 6) is 0. The highest BCUT2D eigenvalue weighted by molar-refractivity contribution is 7.87. The van der Waals surface area contributed by atoms with Crippen molar-refractivity contribution >= 4 is 31.7 Å². The van der Waals surface area contributed by atoms with Crippen molar-refractivity contribution < 1.29 is 25.8 Å². The van der Waals surface area contributed by atoms with Gasteiger partial charge in [0.15, 0.2) is 0 Å². The van der Waals surface area contributed by atoms with Gasteiger partial charge in [-0.1, -0.05) is 36.4 Å². The fourth-order valence-corrected chi connectivity index (χ4v) is 3.36. The van der Waals surface area contributed by atoms with E-state index >= 15 is 0 Å². The first-order valence-corrected chi connectivity index (χ1v) is 7.61. The first-order chi connectivity index (χ1) is 10.3. The second kappa shape index (κ2) is 4.96. The second-order valence-electron chi connectivity index (χ2n) is 4.66. The lowest BCUT2D eigenvalue weighted by atomic mass is 10.0. The van der Waals surface area contributed by atoms with Crippen LogP contribution in [0.25, 0.3) is 21.5 Å². The third-order valence-corrected chi connectivity index (χ3v) is 4.48. The smallest absolute Gasteiger partial charge is 0.194 e. The molecule has 0 saturated carbocycles. The zero-order valence-electron chi connectivity index (χ0n) is 11.0. The number of halogens is 3. The lowest BCUT2D eigenvalue weighted by Gasteiger charge is -2.11. The predicted molar refractivity (Wildman–Crippen MR) is 75.8 cm³/mol. The van der Waals surface area contributed by atoms with E-state index in [9.17, 15) is 21.6 Å². The van der Waals surface area contributed by atoms with Crippen LogP contribution in [0, 0.1) is 0 Å². The van der Waals surface area contributed by atoms with Crippen LogP contribution in [-0.2, 0) is 14.3 Å². The van der Waals surface area contributed by atoms with Gasteiger partial charge in [0.1, 0.15) is 4.90 Å². The van der Waals surface area contributed by atoms with Crippen molar-refractivity contribution in [2.24, 2.45) is 0 Å². The summed E-state index contributed by atoms with van der Waals surface area (Å²) in [7, 11) is -4.94. The molecule has 0 radical (unpaired) electrons. The Morgan fingerprint density at radius 3 is 2.05 bits per heavy atom. The fourth-order valence-electron chi connectivity index (χ4n) is 2.33. The van der Waals surface area contributed by atoms with Crippen molar-refractivity contribution in [2.75, 3.05) is 0 Å². The molecule has 0 bridgehead atoms. The topological polar surface area (TPSA) is 43.4 Å². The van der Waals surface area contributed by atoms with Crippen LogP contribution in [0.15, 0.2) is 59.5 Å². The average Bonchev–Trinajstić information content (AvgIpc) is 2.41. The van der Waals surface area contributed by atoms with Crippen molar-refractivity contribution in [3.8, 4) is 0 Å². The molecule has 0 aliphatic rings.